The molecule has 0 fully saturated rings. The van der Waals surface area contributed by atoms with Gasteiger partial charge in [-0.05, 0) is 80.2 Å². The van der Waals surface area contributed by atoms with Crippen LogP contribution in [0.2, 0.25) is 0 Å². The van der Waals surface area contributed by atoms with E-state index in [9.17, 15) is 0 Å². The third-order valence-corrected chi connectivity index (χ3v) is 6.20. The smallest absolute Gasteiger partial charge is 0.0390 e. The topological polar surface area (TPSA) is 12.0 Å². The second kappa shape index (κ2) is 8.29. The second-order valence-electron chi connectivity index (χ2n) is 8.38. The SMILES string of the molecule is c1ccc(-c2cc(-c3ccc(Nc4ccc5ccccc5c4)cc3)cc3ccccc23)cc1. The zero-order chi connectivity index (χ0) is 22.0. The molecule has 1 heteroatoms. The lowest BCUT2D eigenvalue weighted by Gasteiger charge is -2.12. The molecular formula is C32H23N. The van der Waals surface area contributed by atoms with Gasteiger partial charge in [0.2, 0.25) is 0 Å². The van der Waals surface area contributed by atoms with Crippen LogP contribution in [0.15, 0.2) is 133 Å². The number of anilines is 2. The molecule has 0 unspecified atom stereocenters. The standard InChI is InChI=1S/C32H23N/c1-2-9-25(10-3-1)32-22-28(20-27-12-6-7-13-31(27)32)24-14-17-29(18-15-24)33-30-19-16-23-8-4-5-11-26(23)21-30/h1-22,33H. The van der Waals surface area contributed by atoms with Crippen molar-refractivity contribution in [2.45, 2.75) is 0 Å². The Morgan fingerprint density at radius 3 is 1.85 bits per heavy atom. The van der Waals surface area contributed by atoms with E-state index in [1.165, 1.54) is 43.8 Å². The van der Waals surface area contributed by atoms with Crippen molar-refractivity contribution in [3.05, 3.63) is 133 Å². The summed E-state index contributed by atoms with van der Waals surface area (Å²) in [6.07, 6.45) is 0. The van der Waals surface area contributed by atoms with Crippen LogP contribution in [-0.2, 0) is 0 Å². The Labute approximate surface area is 194 Å². The third kappa shape index (κ3) is 3.86. The normalized spacial score (nSPS) is 11.0. The van der Waals surface area contributed by atoms with Crippen LogP contribution in [0.5, 0.6) is 0 Å². The lowest BCUT2D eigenvalue weighted by molar-refractivity contribution is 1.56. The zero-order valence-corrected chi connectivity index (χ0v) is 18.2. The molecule has 0 saturated heterocycles. The first-order valence-corrected chi connectivity index (χ1v) is 11.3. The van der Waals surface area contributed by atoms with Gasteiger partial charge in [-0.15, -0.1) is 0 Å². The van der Waals surface area contributed by atoms with Gasteiger partial charge in [-0.25, -0.2) is 0 Å². The van der Waals surface area contributed by atoms with Crippen LogP contribution in [0.1, 0.15) is 0 Å². The van der Waals surface area contributed by atoms with Gasteiger partial charge in [0.1, 0.15) is 0 Å². The Morgan fingerprint density at radius 2 is 1.03 bits per heavy atom. The van der Waals surface area contributed by atoms with Crippen LogP contribution in [0, 0.1) is 0 Å². The first-order chi connectivity index (χ1) is 16.3. The predicted molar refractivity (Wildman–Crippen MR) is 142 cm³/mol. The lowest BCUT2D eigenvalue weighted by atomic mass is 9.93. The average Bonchev–Trinajstić information content (AvgIpc) is 2.89. The number of benzene rings is 6. The van der Waals surface area contributed by atoms with Gasteiger partial charge < -0.3 is 5.32 Å². The van der Waals surface area contributed by atoms with Crippen LogP contribution >= 0.6 is 0 Å². The molecule has 0 aliphatic heterocycles. The van der Waals surface area contributed by atoms with Crippen LogP contribution in [0.4, 0.5) is 11.4 Å². The highest BCUT2D eigenvalue weighted by atomic mass is 14.9. The van der Waals surface area contributed by atoms with Crippen molar-refractivity contribution in [3.63, 3.8) is 0 Å². The quantitative estimate of drug-likeness (QED) is 0.299. The summed E-state index contributed by atoms with van der Waals surface area (Å²) < 4.78 is 0. The molecule has 0 heterocycles. The van der Waals surface area contributed by atoms with Crippen molar-refractivity contribution in [1.82, 2.24) is 0 Å². The monoisotopic (exact) mass is 421 g/mol. The minimum atomic E-state index is 1.08. The molecule has 0 bridgehead atoms. The van der Waals surface area contributed by atoms with Crippen LogP contribution in [0.3, 0.4) is 0 Å². The van der Waals surface area contributed by atoms with Gasteiger partial charge in [0, 0.05) is 11.4 Å². The van der Waals surface area contributed by atoms with Crippen LogP contribution in [-0.4, -0.2) is 0 Å². The average molecular weight is 422 g/mol. The van der Waals surface area contributed by atoms with E-state index in [1.807, 2.05) is 0 Å². The van der Waals surface area contributed by atoms with Crippen molar-refractivity contribution in [2.24, 2.45) is 0 Å². The Kier molecular flexibility index (Phi) is 4.86. The van der Waals surface area contributed by atoms with Crippen molar-refractivity contribution >= 4 is 32.9 Å². The first-order valence-electron chi connectivity index (χ1n) is 11.3. The fourth-order valence-corrected chi connectivity index (χ4v) is 4.51. The maximum atomic E-state index is 3.54. The number of rotatable bonds is 4. The first kappa shape index (κ1) is 19.3. The van der Waals surface area contributed by atoms with E-state index in [1.54, 1.807) is 0 Å². The molecule has 0 amide bonds. The molecule has 0 radical (unpaired) electrons. The summed E-state index contributed by atoms with van der Waals surface area (Å²) in [5, 5.41) is 8.57. The van der Waals surface area contributed by atoms with Crippen molar-refractivity contribution in [3.8, 4) is 22.3 Å². The molecule has 0 spiro atoms. The van der Waals surface area contributed by atoms with E-state index < -0.39 is 0 Å². The highest BCUT2D eigenvalue weighted by molar-refractivity contribution is 6.00. The molecule has 1 nitrogen and oxygen atoms in total. The second-order valence-corrected chi connectivity index (χ2v) is 8.38. The van der Waals surface area contributed by atoms with Gasteiger partial charge in [0.25, 0.3) is 0 Å². The Balaban J connectivity index is 1.35. The molecule has 0 saturated carbocycles. The third-order valence-electron chi connectivity index (χ3n) is 6.20. The maximum absolute atomic E-state index is 3.54. The fourth-order valence-electron chi connectivity index (χ4n) is 4.51. The van der Waals surface area contributed by atoms with E-state index in [4.69, 9.17) is 0 Å². The highest BCUT2D eigenvalue weighted by Gasteiger charge is 2.08. The summed E-state index contributed by atoms with van der Waals surface area (Å²) in [5.41, 5.74) is 7.12. The van der Waals surface area contributed by atoms with E-state index in [2.05, 4.69) is 139 Å². The summed E-state index contributed by atoms with van der Waals surface area (Å²) in [5.74, 6) is 0. The summed E-state index contributed by atoms with van der Waals surface area (Å²) in [6.45, 7) is 0. The van der Waals surface area contributed by atoms with Crippen molar-refractivity contribution in [2.75, 3.05) is 5.32 Å². The highest BCUT2D eigenvalue weighted by Crippen LogP contribution is 2.34. The lowest BCUT2D eigenvalue weighted by Crippen LogP contribution is -1.90. The van der Waals surface area contributed by atoms with E-state index in [0.717, 1.165) is 11.4 Å². The van der Waals surface area contributed by atoms with Gasteiger partial charge in [0.15, 0.2) is 0 Å². The van der Waals surface area contributed by atoms with Crippen LogP contribution < -0.4 is 5.32 Å². The molecule has 6 aromatic rings. The molecule has 33 heavy (non-hydrogen) atoms. The van der Waals surface area contributed by atoms with E-state index in [-0.39, 0.29) is 0 Å². The molecule has 0 aliphatic carbocycles. The molecule has 156 valence electrons. The van der Waals surface area contributed by atoms with Gasteiger partial charge >= 0.3 is 0 Å². The molecule has 6 aromatic carbocycles. The van der Waals surface area contributed by atoms with Gasteiger partial charge in [-0.1, -0.05) is 97.1 Å². The van der Waals surface area contributed by atoms with Crippen LogP contribution in [0.25, 0.3) is 43.8 Å². The van der Waals surface area contributed by atoms with E-state index in [0.29, 0.717) is 0 Å². The van der Waals surface area contributed by atoms with Gasteiger partial charge in [-0.2, -0.15) is 0 Å². The zero-order valence-electron chi connectivity index (χ0n) is 18.2. The molecule has 0 aliphatic rings. The Hall–Kier alpha value is -4.36. The van der Waals surface area contributed by atoms with Gasteiger partial charge in [0.05, 0.1) is 0 Å². The fraction of sp³-hybridized carbons (Fsp3) is 0. The minimum Gasteiger partial charge on any atom is -0.356 e. The number of hydrogen-bond acceptors (Lipinski definition) is 1. The Morgan fingerprint density at radius 1 is 0.364 bits per heavy atom. The van der Waals surface area contributed by atoms with E-state index >= 15 is 0 Å². The predicted octanol–water partition coefficient (Wildman–Crippen LogP) is 9.07. The van der Waals surface area contributed by atoms with Gasteiger partial charge in [-0.3, -0.25) is 0 Å². The minimum absolute atomic E-state index is 1.08. The summed E-state index contributed by atoms with van der Waals surface area (Å²) in [6, 6.07) is 47.5. The maximum Gasteiger partial charge on any atom is 0.0390 e. The summed E-state index contributed by atoms with van der Waals surface area (Å²) >= 11 is 0. The number of fused-ring (bicyclic) bond motifs is 2. The molecule has 0 atom stereocenters. The molecule has 6 rings (SSSR count). The molecule has 1 N–H and O–H groups in total. The summed E-state index contributed by atoms with van der Waals surface area (Å²) in [7, 11) is 0. The number of nitrogens with one attached hydrogen (secondary N) is 1. The molecular weight excluding hydrogens is 398 g/mol. The van der Waals surface area contributed by atoms with Crippen molar-refractivity contribution in [1.29, 1.82) is 0 Å². The number of hydrogen-bond donors (Lipinski definition) is 1. The summed E-state index contributed by atoms with van der Waals surface area (Å²) in [4.78, 5) is 0. The largest absolute Gasteiger partial charge is 0.356 e. The molecule has 0 aromatic heterocycles. The Bertz CT molecular complexity index is 1560. The van der Waals surface area contributed by atoms with Crippen molar-refractivity contribution < 1.29 is 0 Å².